The molecule has 14 nitrogen and oxygen atoms in total. The van der Waals surface area contributed by atoms with E-state index >= 15 is 0 Å². The van der Waals surface area contributed by atoms with E-state index in [1.807, 2.05) is 6.08 Å². The van der Waals surface area contributed by atoms with E-state index in [0.717, 1.165) is 64.2 Å². The smallest absolute Gasteiger partial charge is 0.220 e. The summed E-state index contributed by atoms with van der Waals surface area (Å²) >= 11 is 0. The molecule has 2 saturated heterocycles. The van der Waals surface area contributed by atoms with E-state index in [9.17, 15) is 45.6 Å². The van der Waals surface area contributed by atoms with Crippen LogP contribution in [0.2, 0.25) is 0 Å². The van der Waals surface area contributed by atoms with E-state index in [4.69, 9.17) is 18.9 Å². The Bertz CT molecular complexity index is 1710. The minimum Gasteiger partial charge on any atom is -0.394 e. The van der Waals surface area contributed by atoms with Crippen molar-refractivity contribution in [2.24, 2.45) is 0 Å². The van der Waals surface area contributed by atoms with Gasteiger partial charge < -0.3 is 65.1 Å². The first-order valence-corrected chi connectivity index (χ1v) is 33.3. The molecule has 12 unspecified atom stereocenters. The average molecular weight is 1170 g/mol. The SMILES string of the molecule is CC/C=C\C/C=C\C/C=C\C/C=C\C/C=C\CCCCCCCCCCCCCCCCCC(=O)NC(COC1OC(CO)C(OC2OC(CO)C(O)C(O)C2O)C(O)C1O)C(O)/C=C/CC/C=C/CCCCCCCCCCCCCC. The Kier molecular flexibility index (Phi) is 49.1. The number of hydrogen-bond donors (Lipinski definition) is 9. The maximum atomic E-state index is 13.3. The van der Waals surface area contributed by atoms with E-state index in [0.29, 0.717) is 12.8 Å². The van der Waals surface area contributed by atoms with Crippen LogP contribution in [-0.4, -0.2) is 140 Å². The van der Waals surface area contributed by atoms with Gasteiger partial charge >= 0.3 is 0 Å². The molecule has 0 aliphatic carbocycles. The van der Waals surface area contributed by atoms with Crippen LogP contribution in [0, 0.1) is 0 Å². The van der Waals surface area contributed by atoms with E-state index in [-0.39, 0.29) is 18.9 Å². The number of nitrogens with one attached hydrogen (secondary N) is 1. The molecule has 83 heavy (non-hydrogen) atoms. The summed E-state index contributed by atoms with van der Waals surface area (Å²) in [6.45, 7) is 2.68. The Hall–Kier alpha value is -2.83. The molecule has 0 radical (unpaired) electrons. The topological polar surface area (TPSA) is 228 Å². The summed E-state index contributed by atoms with van der Waals surface area (Å²) in [6.07, 6.45) is 56.3. The van der Waals surface area contributed by atoms with Gasteiger partial charge in [-0.2, -0.15) is 0 Å². The molecule has 2 aliphatic rings. The maximum absolute atomic E-state index is 13.3. The highest BCUT2D eigenvalue weighted by Crippen LogP contribution is 2.30. The number of ether oxygens (including phenoxy) is 4. The molecule has 12 atom stereocenters. The van der Waals surface area contributed by atoms with Gasteiger partial charge in [-0.15, -0.1) is 0 Å². The van der Waals surface area contributed by atoms with Crippen molar-refractivity contribution in [3.8, 4) is 0 Å². The highest BCUT2D eigenvalue weighted by Gasteiger charge is 2.51. The summed E-state index contributed by atoms with van der Waals surface area (Å²) in [5, 5.41) is 87.3. The fourth-order valence-electron chi connectivity index (χ4n) is 10.5. The minimum absolute atomic E-state index is 0.250. The molecule has 0 aromatic rings. The van der Waals surface area contributed by atoms with Gasteiger partial charge in [0.05, 0.1) is 32.0 Å². The Balaban J connectivity index is 1.69. The standard InChI is InChI=1S/C69H121NO13/c1-3-5-7-9-11-13-15-17-19-21-23-24-25-26-27-28-29-30-31-32-33-34-35-37-39-41-43-45-47-49-51-53-61(74)70-57(58(73)52-50-48-46-44-42-40-38-36-22-20-18-16-14-12-10-8-6-4-2)56-80-68-66(79)64(77)67(60(55-72)82-68)83-69-65(78)63(76)62(75)59(54-71)81-69/h5,7,11,13,17,19,23-24,26-27,42,44,50,52,57-60,62-69,71-73,75-79H,3-4,6,8-10,12,14-16,18,20-22,25,28-41,43,45-49,51,53-56H2,1-2H3,(H,70,74)/b7-5-,13-11-,19-17-,24-23-,27-26-,44-42+,52-50+. The van der Waals surface area contributed by atoms with Crippen LogP contribution >= 0.6 is 0 Å². The molecule has 2 heterocycles. The van der Waals surface area contributed by atoms with E-state index < -0.39 is 86.8 Å². The lowest BCUT2D eigenvalue weighted by atomic mass is 9.97. The number of aliphatic hydroxyl groups excluding tert-OH is 8. The molecule has 2 rings (SSSR count). The summed E-state index contributed by atoms with van der Waals surface area (Å²) in [7, 11) is 0. The minimum atomic E-state index is -1.79. The van der Waals surface area contributed by atoms with Crippen molar-refractivity contribution < 1.29 is 64.6 Å². The third kappa shape index (κ3) is 38.1. The highest BCUT2D eigenvalue weighted by atomic mass is 16.7. The molecule has 0 spiro atoms. The molecule has 2 fully saturated rings. The zero-order valence-corrected chi connectivity index (χ0v) is 51.9. The lowest BCUT2D eigenvalue weighted by molar-refractivity contribution is -0.359. The van der Waals surface area contributed by atoms with Crippen LogP contribution in [0.25, 0.3) is 0 Å². The van der Waals surface area contributed by atoms with Crippen LogP contribution in [0.3, 0.4) is 0 Å². The summed E-state index contributed by atoms with van der Waals surface area (Å²) < 4.78 is 22.8. The first-order chi connectivity index (χ1) is 40.6. The molecular weight excluding hydrogens is 1050 g/mol. The van der Waals surface area contributed by atoms with Gasteiger partial charge in [0.25, 0.3) is 0 Å². The molecule has 1 amide bonds. The zero-order chi connectivity index (χ0) is 60.2. The number of carbonyl (C=O) groups excluding carboxylic acids is 1. The predicted molar refractivity (Wildman–Crippen MR) is 336 cm³/mol. The predicted octanol–water partition coefficient (Wildman–Crippen LogP) is 12.8. The molecule has 0 bridgehead atoms. The third-order valence-corrected chi connectivity index (χ3v) is 15.8. The van der Waals surface area contributed by atoms with Gasteiger partial charge in [0.15, 0.2) is 12.6 Å². The van der Waals surface area contributed by atoms with Crippen molar-refractivity contribution in [1.29, 1.82) is 0 Å². The number of allylic oxidation sites excluding steroid dienone is 13. The van der Waals surface area contributed by atoms with Gasteiger partial charge in [-0.05, 0) is 77.0 Å². The van der Waals surface area contributed by atoms with Crippen LogP contribution in [0.1, 0.15) is 251 Å². The molecule has 0 saturated carbocycles. The number of rotatable bonds is 53. The Morgan fingerprint density at radius 2 is 0.843 bits per heavy atom. The highest BCUT2D eigenvalue weighted by molar-refractivity contribution is 5.76. The van der Waals surface area contributed by atoms with E-state index in [1.54, 1.807) is 6.08 Å². The summed E-state index contributed by atoms with van der Waals surface area (Å²) in [6, 6.07) is -0.936. The molecular formula is C69H121NO13. The second kappa shape index (κ2) is 53.4. The van der Waals surface area contributed by atoms with Crippen molar-refractivity contribution in [2.75, 3.05) is 19.8 Å². The first-order valence-electron chi connectivity index (χ1n) is 33.3. The normalized spacial score (nSPS) is 24.4. The number of unbranched alkanes of at least 4 members (excludes halogenated alkanes) is 28. The quantitative estimate of drug-likeness (QED) is 0.0204. The largest absolute Gasteiger partial charge is 0.394 e. The van der Waals surface area contributed by atoms with Crippen molar-refractivity contribution in [2.45, 2.75) is 325 Å². The van der Waals surface area contributed by atoms with Crippen LogP contribution < -0.4 is 5.32 Å². The number of amides is 1. The van der Waals surface area contributed by atoms with Gasteiger partial charge in [-0.1, -0.05) is 253 Å². The third-order valence-electron chi connectivity index (χ3n) is 15.8. The van der Waals surface area contributed by atoms with Crippen LogP contribution in [-0.2, 0) is 23.7 Å². The lowest BCUT2D eigenvalue weighted by Crippen LogP contribution is -2.65. The first kappa shape index (κ1) is 76.3. The number of aliphatic hydroxyl groups is 8. The van der Waals surface area contributed by atoms with Crippen molar-refractivity contribution in [3.05, 3.63) is 85.1 Å². The van der Waals surface area contributed by atoms with Crippen LogP contribution in [0.5, 0.6) is 0 Å². The summed E-state index contributed by atoms with van der Waals surface area (Å²) in [5.41, 5.74) is 0. The second-order valence-electron chi connectivity index (χ2n) is 23.2. The van der Waals surface area contributed by atoms with Gasteiger partial charge in [-0.3, -0.25) is 4.79 Å². The summed E-state index contributed by atoms with van der Waals surface area (Å²) in [4.78, 5) is 13.3. The fraction of sp³-hybridized carbons (Fsp3) is 0.783. The molecule has 2 aliphatic heterocycles. The van der Waals surface area contributed by atoms with Crippen LogP contribution in [0.15, 0.2) is 85.1 Å². The molecule has 480 valence electrons. The molecule has 14 heteroatoms. The molecule has 0 aromatic carbocycles. The zero-order valence-electron chi connectivity index (χ0n) is 51.9. The van der Waals surface area contributed by atoms with Crippen LogP contribution in [0.4, 0.5) is 0 Å². The van der Waals surface area contributed by atoms with Gasteiger partial charge in [0.1, 0.15) is 48.8 Å². The van der Waals surface area contributed by atoms with Crippen molar-refractivity contribution >= 4 is 5.91 Å². The fourth-order valence-corrected chi connectivity index (χ4v) is 10.5. The molecule has 9 N–H and O–H groups in total. The Morgan fingerprint density at radius 1 is 0.446 bits per heavy atom. The lowest BCUT2D eigenvalue weighted by Gasteiger charge is -2.46. The Morgan fingerprint density at radius 3 is 1.33 bits per heavy atom. The molecule has 0 aromatic heterocycles. The van der Waals surface area contributed by atoms with Gasteiger partial charge in [0, 0.05) is 6.42 Å². The monoisotopic (exact) mass is 1170 g/mol. The van der Waals surface area contributed by atoms with E-state index in [1.165, 1.54) is 154 Å². The number of carbonyl (C=O) groups is 1. The average Bonchev–Trinajstić information content (AvgIpc) is 3.64. The maximum Gasteiger partial charge on any atom is 0.220 e. The second-order valence-corrected chi connectivity index (χ2v) is 23.2. The Labute approximate surface area is 503 Å². The summed E-state index contributed by atoms with van der Waals surface area (Å²) in [5.74, 6) is -0.250. The van der Waals surface area contributed by atoms with Crippen molar-refractivity contribution in [3.63, 3.8) is 0 Å². The van der Waals surface area contributed by atoms with E-state index in [2.05, 4.69) is 92.1 Å². The van der Waals surface area contributed by atoms with Gasteiger partial charge in [-0.25, -0.2) is 0 Å². The van der Waals surface area contributed by atoms with Crippen molar-refractivity contribution in [1.82, 2.24) is 5.32 Å². The number of hydrogen-bond acceptors (Lipinski definition) is 13. The van der Waals surface area contributed by atoms with Gasteiger partial charge in [0.2, 0.25) is 5.91 Å².